The lowest BCUT2D eigenvalue weighted by Crippen LogP contribution is -2.28. The van der Waals surface area contributed by atoms with Crippen LogP contribution in [-0.4, -0.2) is 13.9 Å². The molecule has 5 aromatic carbocycles. The number of rotatable bonds is 5. The molecule has 192 valence electrons. The Morgan fingerprint density at radius 1 is 0.737 bits per heavy atom. The Balaban J connectivity index is 1.96. The van der Waals surface area contributed by atoms with E-state index in [0.717, 1.165) is 22.1 Å². The number of halogens is 3. The van der Waals surface area contributed by atoms with Gasteiger partial charge in [-0.2, -0.15) is 21.6 Å². The number of hydrogen-bond donors (Lipinski definition) is 0. The van der Waals surface area contributed by atoms with Gasteiger partial charge in [-0.3, -0.25) is 4.57 Å². The van der Waals surface area contributed by atoms with Crippen LogP contribution < -0.4 is 9.49 Å². The van der Waals surface area contributed by atoms with Crippen LogP contribution in [0.5, 0.6) is 5.75 Å². The first-order valence-corrected chi connectivity index (χ1v) is 13.7. The van der Waals surface area contributed by atoms with E-state index in [1.165, 1.54) is 12.1 Å². The normalized spacial score (nSPS) is 12.3. The molecule has 5 rings (SSSR count). The maximum Gasteiger partial charge on any atom is 0.534 e. The van der Waals surface area contributed by atoms with Gasteiger partial charge in [0.2, 0.25) is 0 Å². The SMILES string of the molecule is Cc1cc(C)cc(-c2cc3ccccc3c(-c3c(OS(=O)(=O)C(F)(F)F)ccc4ccccc34)c2P=O)c1. The van der Waals surface area contributed by atoms with Gasteiger partial charge in [-0.25, -0.2) is 0 Å². The summed E-state index contributed by atoms with van der Waals surface area (Å²) in [5.41, 5.74) is -1.84. The van der Waals surface area contributed by atoms with Gasteiger partial charge in [-0.1, -0.05) is 83.9 Å². The Kier molecular flexibility index (Phi) is 6.49. The summed E-state index contributed by atoms with van der Waals surface area (Å²) in [5.74, 6) is -0.506. The second-order valence-electron chi connectivity index (χ2n) is 8.98. The lowest BCUT2D eigenvalue weighted by Gasteiger charge is -2.20. The minimum absolute atomic E-state index is 0.108. The molecule has 0 unspecified atom stereocenters. The zero-order valence-corrected chi connectivity index (χ0v) is 21.9. The van der Waals surface area contributed by atoms with E-state index in [1.807, 2.05) is 50.2 Å². The zero-order valence-electron chi connectivity index (χ0n) is 20.2. The van der Waals surface area contributed by atoms with Crippen LogP contribution in [0.15, 0.2) is 84.9 Å². The van der Waals surface area contributed by atoms with Gasteiger partial charge in [0.05, 0.1) is 5.30 Å². The summed E-state index contributed by atoms with van der Waals surface area (Å²) in [6.45, 7) is 3.87. The summed E-state index contributed by atoms with van der Waals surface area (Å²) in [6, 6.07) is 24.5. The molecule has 0 saturated carbocycles. The van der Waals surface area contributed by atoms with Gasteiger partial charge in [0.25, 0.3) is 0 Å². The van der Waals surface area contributed by atoms with E-state index in [9.17, 15) is 26.2 Å². The van der Waals surface area contributed by atoms with Crippen molar-refractivity contribution in [3.8, 4) is 28.0 Å². The van der Waals surface area contributed by atoms with Gasteiger partial charge in [0, 0.05) is 11.1 Å². The number of hydrogen-bond acceptors (Lipinski definition) is 4. The first-order valence-electron chi connectivity index (χ1n) is 11.5. The molecule has 0 fully saturated rings. The highest BCUT2D eigenvalue weighted by atomic mass is 32.2. The van der Waals surface area contributed by atoms with Crippen molar-refractivity contribution in [1.82, 2.24) is 0 Å². The molecule has 4 nitrogen and oxygen atoms in total. The Bertz CT molecular complexity index is 1830. The van der Waals surface area contributed by atoms with Crippen molar-refractivity contribution >= 4 is 45.4 Å². The van der Waals surface area contributed by atoms with Crippen molar-refractivity contribution in [3.63, 3.8) is 0 Å². The van der Waals surface area contributed by atoms with E-state index in [2.05, 4.69) is 0 Å². The Labute approximate surface area is 219 Å². The van der Waals surface area contributed by atoms with Gasteiger partial charge in [-0.15, -0.1) is 0 Å². The van der Waals surface area contributed by atoms with Crippen LogP contribution in [0.1, 0.15) is 11.1 Å². The molecule has 0 aromatic heterocycles. The zero-order chi connectivity index (χ0) is 27.2. The van der Waals surface area contributed by atoms with Crippen molar-refractivity contribution in [2.45, 2.75) is 19.4 Å². The van der Waals surface area contributed by atoms with Crippen LogP contribution in [0.4, 0.5) is 13.2 Å². The van der Waals surface area contributed by atoms with Gasteiger partial charge in [-0.05, 0) is 58.7 Å². The summed E-state index contributed by atoms with van der Waals surface area (Å²) >= 11 is 0. The molecule has 0 spiro atoms. The average Bonchev–Trinajstić information content (AvgIpc) is 2.86. The van der Waals surface area contributed by atoms with E-state index in [-0.39, 0.29) is 5.56 Å². The molecule has 38 heavy (non-hydrogen) atoms. The Morgan fingerprint density at radius 2 is 1.32 bits per heavy atom. The van der Waals surface area contributed by atoms with E-state index in [4.69, 9.17) is 4.18 Å². The largest absolute Gasteiger partial charge is 0.534 e. The molecular weight excluding hydrogens is 532 g/mol. The molecule has 0 saturated heterocycles. The maximum atomic E-state index is 13.4. The fourth-order valence-corrected chi connectivity index (χ4v) is 5.86. The predicted molar refractivity (Wildman–Crippen MR) is 145 cm³/mol. The van der Waals surface area contributed by atoms with Crippen molar-refractivity contribution < 1.29 is 30.3 Å². The Morgan fingerprint density at radius 3 is 1.92 bits per heavy atom. The highest BCUT2D eigenvalue weighted by molar-refractivity contribution is 7.88. The molecule has 0 aliphatic carbocycles. The van der Waals surface area contributed by atoms with E-state index in [0.29, 0.717) is 32.6 Å². The third-order valence-electron chi connectivity index (χ3n) is 6.27. The number of fused-ring (bicyclic) bond motifs is 2. The summed E-state index contributed by atoms with van der Waals surface area (Å²) < 4.78 is 81.9. The average molecular weight is 553 g/mol. The molecule has 0 radical (unpaired) electrons. The molecule has 0 N–H and O–H groups in total. The van der Waals surface area contributed by atoms with Crippen molar-refractivity contribution in [2.75, 3.05) is 0 Å². The van der Waals surface area contributed by atoms with Crippen LogP contribution in [0.25, 0.3) is 43.8 Å². The highest BCUT2D eigenvalue weighted by Crippen LogP contribution is 2.44. The minimum atomic E-state index is -5.98. The third kappa shape index (κ3) is 4.55. The Hall–Kier alpha value is -3.74. The van der Waals surface area contributed by atoms with E-state index < -0.39 is 29.8 Å². The molecule has 0 aliphatic heterocycles. The van der Waals surface area contributed by atoms with Crippen molar-refractivity contribution in [3.05, 3.63) is 96.1 Å². The fraction of sp³-hybridized carbons (Fsp3) is 0.103. The quantitative estimate of drug-likeness (QED) is 0.126. The molecule has 0 atom stereocenters. The van der Waals surface area contributed by atoms with E-state index >= 15 is 0 Å². The van der Waals surface area contributed by atoms with Crippen LogP contribution in [0, 0.1) is 13.8 Å². The second-order valence-corrected chi connectivity index (χ2v) is 11.1. The summed E-state index contributed by atoms with van der Waals surface area (Å²) in [5, 5.41) is 2.73. The minimum Gasteiger partial charge on any atom is -0.375 e. The molecule has 0 bridgehead atoms. The van der Waals surface area contributed by atoms with Crippen molar-refractivity contribution in [2.24, 2.45) is 0 Å². The summed E-state index contributed by atoms with van der Waals surface area (Å²) in [4.78, 5) is 0. The first kappa shape index (κ1) is 25.9. The molecule has 9 heteroatoms. The molecule has 0 amide bonds. The lowest BCUT2D eigenvalue weighted by molar-refractivity contribution is -0.0499. The lowest BCUT2D eigenvalue weighted by atomic mass is 9.89. The van der Waals surface area contributed by atoms with Gasteiger partial charge < -0.3 is 4.18 Å². The predicted octanol–water partition coefficient (Wildman–Crippen LogP) is 8.09. The van der Waals surface area contributed by atoms with Crippen LogP contribution >= 0.6 is 8.46 Å². The van der Waals surface area contributed by atoms with E-state index in [1.54, 1.807) is 36.4 Å². The molecule has 0 aliphatic rings. The van der Waals surface area contributed by atoms with Crippen LogP contribution in [0.3, 0.4) is 0 Å². The number of alkyl halides is 3. The van der Waals surface area contributed by atoms with Gasteiger partial charge in [0.15, 0.2) is 14.2 Å². The van der Waals surface area contributed by atoms with Crippen LogP contribution in [-0.2, 0) is 14.7 Å². The fourth-order valence-electron chi connectivity index (χ4n) is 4.78. The third-order valence-corrected chi connectivity index (χ3v) is 7.88. The monoisotopic (exact) mass is 552 g/mol. The molecular formula is C29H20F3O4PS. The van der Waals surface area contributed by atoms with Gasteiger partial charge >= 0.3 is 15.6 Å². The molecule has 0 heterocycles. The van der Waals surface area contributed by atoms with Gasteiger partial charge in [0.1, 0.15) is 0 Å². The summed E-state index contributed by atoms with van der Waals surface area (Å²) in [6.07, 6.45) is 0. The topological polar surface area (TPSA) is 60.4 Å². The highest BCUT2D eigenvalue weighted by Gasteiger charge is 2.49. The first-order chi connectivity index (χ1) is 18.0. The maximum absolute atomic E-state index is 13.4. The van der Waals surface area contributed by atoms with Crippen molar-refractivity contribution in [1.29, 1.82) is 0 Å². The smallest absolute Gasteiger partial charge is 0.375 e. The van der Waals surface area contributed by atoms with Crippen LogP contribution in [0.2, 0.25) is 0 Å². The number of aryl methyl sites for hydroxylation is 2. The number of benzene rings is 5. The summed E-state index contributed by atoms with van der Waals surface area (Å²) in [7, 11) is -6.37. The standard InChI is InChI=1S/C29H20F3O4PS/c1-17-13-18(2)15-21(14-17)24-16-20-8-4-6-10-23(20)27(28(24)37-33)26-22-9-5-3-7-19(22)11-12-25(26)36-38(34,35)29(30,31)32/h3-16H,1-2H3. The molecule has 5 aromatic rings. The second kappa shape index (κ2) is 9.53.